The number of aromatic nitrogens is 1. The third kappa shape index (κ3) is 4.85. The maximum atomic E-state index is 12.7. The predicted octanol–water partition coefficient (Wildman–Crippen LogP) is 3.58. The maximum Gasteiger partial charge on any atom is 0.262 e. The van der Waals surface area contributed by atoms with Crippen LogP contribution in [0.4, 0.5) is 11.5 Å². The van der Waals surface area contributed by atoms with Crippen molar-refractivity contribution in [3.63, 3.8) is 0 Å². The Labute approximate surface area is 149 Å². The number of benzene rings is 1. The van der Waals surface area contributed by atoms with E-state index < -0.39 is 10.0 Å². The number of aryl methyl sites for hydroxylation is 2. The summed E-state index contributed by atoms with van der Waals surface area (Å²) in [6.45, 7) is 8.58. The molecular formula is C18H25N3O3S. The molecule has 1 aromatic carbocycles. The smallest absolute Gasteiger partial charge is 0.262 e. The molecule has 0 spiro atoms. The molecule has 0 aliphatic carbocycles. The molecular weight excluding hydrogens is 338 g/mol. The first-order valence-corrected chi connectivity index (χ1v) is 9.59. The van der Waals surface area contributed by atoms with Crippen LogP contribution in [-0.2, 0) is 10.0 Å². The van der Waals surface area contributed by atoms with Crippen LogP contribution in [0.2, 0.25) is 0 Å². The van der Waals surface area contributed by atoms with Gasteiger partial charge in [-0.15, -0.1) is 0 Å². The quantitative estimate of drug-likeness (QED) is 0.786. The van der Waals surface area contributed by atoms with Crippen LogP contribution >= 0.6 is 0 Å². The lowest BCUT2D eigenvalue weighted by Gasteiger charge is -2.14. The summed E-state index contributed by atoms with van der Waals surface area (Å²) in [4.78, 5) is 4.47. The molecule has 6 nitrogen and oxygen atoms in total. The number of anilines is 2. The van der Waals surface area contributed by atoms with Gasteiger partial charge in [0.2, 0.25) is 0 Å². The van der Waals surface area contributed by atoms with Crippen LogP contribution in [0, 0.1) is 19.8 Å². The Hall–Kier alpha value is -2.28. The van der Waals surface area contributed by atoms with Gasteiger partial charge in [-0.2, -0.15) is 0 Å². The highest BCUT2D eigenvalue weighted by Crippen LogP contribution is 2.27. The van der Waals surface area contributed by atoms with Crippen LogP contribution < -0.4 is 14.8 Å². The number of pyridine rings is 1. The zero-order valence-electron chi connectivity index (χ0n) is 15.3. The molecule has 2 N–H and O–H groups in total. The molecule has 0 unspecified atom stereocenters. The number of hydrogen-bond acceptors (Lipinski definition) is 5. The summed E-state index contributed by atoms with van der Waals surface area (Å²) in [6, 6.07) is 6.79. The van der Waals surface area contributed by atoms with Crippen LogP contribution in [0.25, 0.3) is 0 Å². The Morgan fingerprint density at radius 3 is 2.44 bits per heavy atom. The lowest BCUT2D eigenvalue weighted by molar-refractivity contribution is 0.411. The normalized spacial score (nSPS) is 11.4. The molecule has 0 amide bonds. The molecule has 7 heteroatoms. The van der Waals surface area contributed by atoms with Crippen molar-refractivity contribution in [2.24, 2.45) is 5.92 Å². The average molecular weight is 363 g/mol. The molecule has 25 heavy (non-hydrogen) atoms. The molecule has 2 aromatic rings. The summed E-state index contributed by atoms with van der Waals surface area (Å²) in [5, 5.41) is 3.19. The van der Waals surface area contributed by atoms with E-state index in [1.165, 1.54) is 6.20 Å². The molecule has 2 rings (SSSR count). The van der Waals surface area contributed by atoms with E-state index in [1.807, 2.05) is 6.92 Å². The van der Waals surface area contributed by atoms with Crippen molar-refractivity contribution in [1.82, 2.24) is 4.98 Å². The van der Waals surface area contributed by atoms with Gasteiger partial charge in [0.15, 0.2) is 0 Å². The molecule has 0 saturated carbocycles. The number of nitrogens with zero attached hydrogens (tertiary/aromatic N) is 1. The first kappa shape index (κ1) is 19.1. The number of rotatable bonds is 7. The molecule has 0 saturated heterocycles. The minimum absolute atomic E-state index is 0.229. The van der Waals surface area contributed by atoms with Crippen molar-refractivity contribution in [2.75, 3.05) is 23.7 Å². The second-order valence-corrected chi connectivity index (χ2v) is 8.05. The fraction of sp³-hybridized carbons (Fsp3) is 0.389. The minimum Gasteiger partial charge on any atom is -0.496 e. The molecule has 1 aromatic heterocycles. The van der Waals surface area contributed by atoms with E-state index in [9.17, 15) is 8.42 Å². The topological polar surface area (TPSA) is 80.3 Å². The van der Waals surface area contributed by atoms with Gasteiger partial charge in [0, 0.05) is 6.54 Å². The van der Waals surface area contributed by atoms with Gasteiger partial charge >= 0.3 is 0 Å². The summed E-state index contributed by atoms with van der Waals surface area (Å²) in [7, 11) is -2.13. The van der Waals surface area contributed by atoms with Gasteiger partial charge in [0.1, 0.15) is 11.6 Å². The van der Waals surface area contributed by atoms with E-state index in [0.717, 1.165) is 12.1 Å². The third-order valence-electron chi connectivity index (χ3n) is 3.69. The molecule has 1 heterocycles. The van der Waals surface area contributed by atoms with Gasteiger partial charge in [0.25, 0.3) is 10.0 Å². The van der Waals surface area contributed by atoms with Gasteiger partial charge in [-0.05, 0) is 55.2 Å². The summed E-state index contributed by atoms with van der Waals surface area (Å²) in [5.74, 6) is 1.88. The Morgan fingerprint density at radius 1 is 1.16 bits per heavy atom. The molecule has 0 atom stereocenters. The zero-order valence-corrected chi connectivity index (χ0v) is 16.1. The molecule has 0 aliphatic rings. The van der Waals surface area contributed by atoms with E-state index in [-0.39, 0.29) is 4.90 Å². The van der Waals surface area contributed by atoms with E-state index in [0.29, 0.717) is 28.7 Å². The number of nitrogens with one attached hydrogen (secondary N) is 2. The van der Waals surface area contributed by atoms with E-state index >= 15 is 0 Å². The van der Waals surface area contributed by atoms with Crippen LogP contribution in [0.3, 0.4) is 0 Å². The fourth-order valence-electron chi connectivity index (χ4n) is 2.35. The number of hydrogen-bond donors (Lipinski definition) is 2. The van der Waals surface area contributed by atoms with E-state index in [1.54, 1.807) is 38.3 Å². The molecule has 0 fully saturated rings. The van der Waals surface area contributed by atoms with E-state index in [4.69, 9.17) is 4.74 Å². The molecule has 0 radical (unpaired) electrons. The lowest BCUT2D eigenvalue weighted by atomic mass is 10.1. The van der Waals surface area contributed by atoms with Crippen LogP contribution in [0.1, 0.15) is 25.0 Å². The Balaban J connectivity index is 2.20. The number of sulfonamides is 1. The summed E-state index contributed by atoms with van der Waals surface area (Å²) >= 11 is 0. The Morgan fingerprint density at radius 2 is 1.88 bits per heavy atom. The van der Waals surface area contributed by atoms with Crippen molar-refractivity contribution in [2.45, 2.75) is 32.6 Å². The second kappa shape index (κ2) is 7.74. The molecule has 0 bridgehead atoms. The van der Waals surface area contributed by atoms with Crippen LogP contribution in [-0.4, -0.2) is 27.1 Å². The second-order valence-electron chi connectivity index (χ2n) is 6.40. The monoisotopic (exact) mass is 363 g/mol. The van der Waals surface area contributed by atoms with Gasteiger partial charge in [-0.1, -0.05) is 13.8 Å². The largest absolute Gasteiger partial charge is 0.496 e. The lowest BCUT2D eigenvalue weighted by Crippen LogP contribution is -2.15. The standard InChI is InChI=1S/C18H25N3O3S/c1-12(2)10-19-18-7-6-15(11-20-18)21-25(22,23)17-9-13(3)16(24-5)8-14(17)4/h6-9,11-12,21H,10H2,1-5H3,(H,19,20). The summed E-state index contributed by atoms with van der Waals surface area (Å²) in [5.41, 5.74) is 1.81. The van der Waals surface area contributed by atoms with E-state index in [2.05, 4.69) is 28.9 Å². The van der Waals surface area contributed by atoms with Crippen molar-refractivity contribution in [3.05, 3.63) is 41.6 Å². The van der Waals surface area contributed by atoms with Crippen molar-refractivity contribution >= 4 is 21.5 Å². The SMILES string of the molecule is COc1cc(C)c(S(=O)(=O)Nc2ccc(NCC(C)C)nc2)cc1C. The first-order chi connectivity index (χ1) is 11.7. The molecule has 136 valence electrons. The van der Waals surface area contributed by atoms with Crippen molar-refractivity contribution in [3.8, 4) is 5.75 Å². The van der Waals surface area contributed by atoms with Crippen LogP contribution in [0.15, 0.2) is 35.4 Å². The average Bonchev–Trinajstić information content (AvgIpc) is 2.55. The highest BCUT2D eigenvalue weighted by molar-refractivity contribution is 7.92. The Kier molecular flexibility index (Phi) is 5.89. The van der Waals surface area contributed by atoms with Crippen molar-refractivity contribution in [1.29, 1.82) is 0 Å². The maximum absolute atomic E-state index is 12.7. The summed E-state index contributed by atoms with van der Waals surface area (Å²) < 4.78 is 33.2. The molecule has 0 aliphatic heterocycles. The van der Waals surface area contributed by atoms with Gasteiger partial charge in [0.05, 0.1) is 23.9 Å². The minimum atomic E-state index is -3.70. The fourth-order valence-corrected chi connectivity index (χ4v) is 3.71. The van der Waals surface area contributed by atoms with Crippen LogP contribution in [0.5, 0.6) is 5.75 Å². The summed E-state index contributed by atoms with van der Waals surface area (Å²) in [6.07, 6.45) is 1.51. The third-order valence-corrected chi connectivity index (χ3v) is 5.21. The van der Waals surface area contributed by atoms with Gasteiger partial charge < -0.3 is 10.1 Å². The van der Waals surface area contributed by atoms with Gasteiger partial charge in [-0.3, -0.25) is 4.72 Å². The van der Waals surface area contributed by atoms with Gasteiger partial charge in [-0.25, -0.2) is 13.4 Å². The highest BCUT2D eigenvalue weighted by atomic mass is 32.2. The number of methoxy groups -OCH3 is 1. The highest BCUT2D eigenvalue weighted by Gasteiger charge is 2.19. The predicted molar refractivity (Wildman–Crippen MR) is 101 cm³/mol. The Bertz CT molecular complexity index is 831. The van der Waals surface area contributed by atoms with Crippen molar-refractivity contribution < 1.29 is 13.2 Å². The first-order valence-electron chi connectivity index (χ1n) is 8.11. The zero-order chi connectivity index (χ0) is 18.6. The number of ether oxygens (including phenoxy) is 1.